The van der Waals surface area contributed by atoms with Crippen LogP contribution in [0.25, 0.3) is 0 Å². The Labute approximate surface area is 111 Å². The summed E-state index contributed by atoms with van der Waals surface area (Å²) in [5, 5.41) is 0. The second-order valence-electron chi connectivity index (χ2n) is 4.15. The van der Waals surface area contributed by atoms with Crippen LogP contribution in [-0.2, 0) is 21.8 Å². The predicted octanol–water partition coefficient (Wildman–Crippen LogP) is 3.57. The Kier molecular flexibility index (Phi) is 4.73. The molecule has 20 heavy (non-hydrogen) atoms. The highest BCUT2D eigenvalue weighted by Crippen LogP contribution is 2.29. The minimum atomic E-state index is -4.59. The van der Waals surface area contributed by atoms with Gasteiger partial charge in [-0.1, -0.05) is 12.1 Å². The van der Waals surface area contributed by atoms with E-state index in [0.717, 1.165) is 12.1 Å². The molecule has 2 nitrogen and oxygen atoms in total. The van der Waals surface area contributed by atoms with E-state index in [2.05, 4.69) is 0 Å². The molecule has 0 N–H and O–H groups in total. The van der Waals surface area contributed by atoms with Gasteiger partial charge in [0.2, 0.25) is 0 Å². The lowest BCUT2D eigenvalue weighted by molar-refractivity contribution is -0.137. The number of rotatable bonds is 4. The average Bonchev–Trinajstić information content (AvgIpc) is 2.25. The zero-order valence-electron chi connectivity index (χ0n) is 9.92. The summed E-state index contributed by atoms with van der Waals surface area (Å²) < 4.78 is 95.4. The monoisotopic (exact) mass is 320 g/mol. The summed E-state index contributed by atoms with van der Waals surface area (Å²) in [7, 11) is -4.02. The standard InChI is InChI=1S/C11H10F6O2S/c12-10(13,14)5-6-20(18,19)7-8-1-3-9(4-2-8)11(15,16)17/h1-4H,5-7H2. The first kappa shape index (κ1) is 16.8. The molecule has 1 aromatic carbocycles. The molecule has 0 unspecified atom stereocenters. The predicted molar refractivity (Wildman–Crippen MR) is 59.6 cm³/mol. The molecule has 0 aliphatic rings. The molecule has 0 atom stereocenters. The van der Waals surface area contributed by atoms with Crippen LogP contribution in [0.15, 0.2) is 24.3 Å². The van der Waals surface area contributed by atoms with Gasteiger partial charge in [-0.3, -0.25) is 0 Å². The van der Waals surface area contributed by atoms with Crippen molar-refractivity contribution in [3.8, 4) is 0 Å². The van der Waals surface area contributed by atoms with Crippen molar-refractivity contribution in [1.29, 1.82) is 0 Å². The molecule has 0 heterocycles. The van der Waals surface area contributed by atoms with Crippen molar-refractivity contribution in [1.82, 2.24) is 0 Å². The molecule has 9 heteroatoms. The molecule has 1 rings (SSSR count). The van der Waals surface area contributed by atoms with Gasteiger partial charge in [-0.05, 0) is 17.7 Å². The first-order valence-electron chi connectivity index (χ1n) is 5.32. The number of benzene rings is 1. The third-order valence-electron chi connectivity index (χ3n) is 2.36. The van der Waals surface area contributed by atoms with Gasteiger partial charge in [-0.2, -0.15) is 26.3 Å². The maximum atomic E-state index is 12.3. The van der Waals surface area contributed by atoms with E-state index >= 15 is 0 Å². The molecule has 0 aromatic heterocycles. The van der Waals surface area contributed by atoms with Gasteiger partial charge in [0.15, 0.2) is 9.84 Å². The van der Waals surface area contributed by atoms with Crippen LogP contribution in [0, 0.1) is 0 Å². The number of alkyl halides is 6. The zero-order valence-corrected chi connectivity index (χ0v) is 10.7. The highest BCUT2D eigenvalue weighted by atomic mass is 32.2. The van der Waals surface area contributed by atoms with Gasteiger partial charge < -0.3 is 0 Å². The molecule has 0 saturated carbocycles. The fourth-order valence-corrected chi connectivity index (χ4v) is 2.77. The molecule has 0 bridgehead atoms. The maximum absolute atomic E-state index is 12.3. The first-order valence-corrected chi connectivity index (χ1v) is 7.14. The third kappa shape index (κ3) is 5.81. The summed E-state index contributed by atoms with van der Waals surface area (Å²) in [6.45, 7) is 0. The molecule has 0 spiro atoms. The Bertz CT molecular complexity index is 542. The van der Waals surface area contributed by atoms with E-state index in [4.69, 9.17) is 0 Å². The summed E-state index contributed by atoms with van der Waals surface area (Å²) in [6, 6.07) is 3.26. The van der Waals surface area contributed by atoms with Gasteiger partial charge in [0.05, 0.1) is 23.5 Å². The summed E-state index contributed by atoms with van der Waals surface area (Å²) in [4.78, 5) is 0. The van der Waals surface area contributed by atoms with Gasteiger partial charge in [0.25, 0.3) is 0 Å². The lowest BCUT2D eigenvalue weighted by Crippen LogP contribution is -2.17. The molecule has 114 valence electrons. The van der Waals surface area contributed by atoms with Crippen LogP contribution in [0.4, 0.5) is 26.3 Å². The average molecular weight is 320 g/mol. The van der Waals surface area contributed by atoms with Crippen molar-refractivity contribution in [2.75, 3.05) is 5.75 Å². The Hall–Kier alpha value is -1.25. The van der Waals surface area contributed by atoms with Crippen LogP contribution in [0.1, 0.15) is 17.5 Å². The molecule has 0 amide bonds. The molecule has 0 saturated heterocycles. The number of hydrogen-bond acceptors (Lipinski definition) is 2. The topological polar surface area (TPSA) is 34.1 Å². The van der Waals surface area contributed by atoms with Crippen LogP contribution in [-0.4, -0.2) is 20.3 Å². The Morgan fingerprint density at radius 1 is 0.900 bits per heavy atom. The fraction of sp³-hybridized carbons (Fsp3) is 0.455. The van der Waals surface area contributed by atoms with Crippen LogP contribution >= 0.6 is 0 Å². The van der Waals surface area contributed by atoms with Crippen LogP contribution in [0.2, 0.25) is 0 Å². The quantitative estimate of drug-likeness (QED) is 0.795. The van der Waals surface area contributed by atoms with E-state index in [-0.39, 0.29) is 5.56 Å². The van der Waals surface area contributed by atoms with Crippen molar-refractivity contribution in [3.05, 3.63) is 35.4 Å². The summed E-state index contributed by atoms with van der Waals surface area (Å²) in [6.07, 6.45) is -10.6. The number of sulfone groups is 1. The van der Waals surface area contributed by atoms with Gasteiger partial charge in [0, 0.05) is 0 Å². The first-order chi connectivity index (χ1) is 8.89. The second-order valence-corrected chi connectivity index (χ2v) is 6.34. The molecule has 0 aliphatic heterocycles. The lowest BCUT2D eigenvalue weighted by Gasteiger charge is -2.09. The van der Waals surface area contributed by atoms with Gasteiger partial charge in [0.1, 0.15) is 0 Å². The summed E-state index contributed by atoms with van der Waals surface area (Å²) in [5.74, 6) is -1.81. The highest BCUT2D eigenvalue weighted by molar-refractivity contribution is 7.90. The Morgan fingerprint density at radius 2 is 1.40 bits per heavy atom. The highest BCUT2D eigenvalue weighted by Gasteiger charge is 2.31. The van der Waals surface area contributed by atoms with E-state index in [1.807, 2.05) is 0 Å². The second kappa shape index (κ2) is 5.63. The van der Waals surface area contributed by atoms with E-state index in [1.54, 1.807) is 0 Å². The van der Waals surface area contributed by atoms with E-state index in [0.29, 0.717) is 12.1 Å². The third-order valence-corrected chi connectivity index (χ3v) is 3.96. The summed E-state index contributed by atoms with van der Waals surface area (Å²) in [5.41, 5.74) is -0.936. The molecule has 0 fully saturated rings. The minimum Gasteiger partial charge on any atom is -0.228 e. The molecule has 0 radical (unpaired) electrons. The smallest absolute Gasteiger partial charge is 0.228 e. The van der Waals surface area contributed by atoms with Gasteiger partial charge in [-0.25, -0.2) is 8.42 Å². The van der Waals surface area contributed by atoms with Crippen LogP contribution in [0.5, 0.6) is 0 Å². The van der Waals surface area contributed by atoms with Gasteiger partial charge in [-0.15, -0.1) is 0 Å². The Morgan fingerprint density at radius 3 is 1.80 bits per heavy atom. The van der Waals surface area contributed by atoms with Crippen LogP contribution in [0.3, 0.4) is 0 Å². The van der Waals surface area contributed by atoms with Gasteiger partial charge >= 0.3 is 12.4 Å². The SMILES string of the molecule is O=S(=O)(CCC(F)(F)F)Cc1ccc(C(F)(F)F)cc1. The van der Waals surface area contributed by atoms with Crippen LogP contribution < -0.4 is 0 Å². The van der Waals surface area contributed by atoms with Crippen molar-refractivity contribution in [2.45, 2.75) is 24.5 Å². The molecule has 0 aliphatic carbocycles. The zero-order chi connectivity index (χ0) is 15.6. The summed E-state index contributed by atoms with van der Waals surface area (Å²) >= 11 is 0. The largest absolute Gasteiger partial charge is 0.416 e. The number of hydrogen-bond donors (Lipinski definition) is 0. The van der Waals surface area contributed by atoms with Crippen molar-refractivity contribution >= 4 is 9.84 Å². The van der Waals surface area contributed by atoms with E-state index in [9.17, 15) is 34.8 Å². The maximum Gasteiger partial charge on any atom is 0.416 e. The normalized spacial score (nSPS) is 13.5. The minimum absolute atomic E-state index is 0.0141. The number of halogens is 6. The van der Waals surface area contributed by atoms with Crippen molar-refractivity contribution in [2.24, 2.45) is 0 Å². The Balaban J connectivity index is 2.73. The molecular weight excluding hydrogens is 310 g/mol. The molecular formula is C11H10F6O2S. The van der Waals surface area contributed by atoms with Crippen molar-refractivity contribution < 1.29 is 34.8 Å². The van der Waals surface area contributed by atoms with Crippen molar-refractivity contribution in [3.63, 3.8) is 0 Å². The molecule has 1 aromatic rings. The van der Waals surface area contributed by atoms with E-state index in [1.165, 1.54) is 0 Å². The van der Waals surface area contributed by atoms with E-state index < -0.39 is 45.7 Å². The fourth-order valence-electron chi connectivity index (χ4n) is 1.39. The lowest BCUT2D eigenvalue weighted by atomic mass is 10.1.